The Hall–Kier alpha value is -2.70. The third-order valence-corrected chi connectivity index (χ3v) is 5.96. The van der Waals surface area contributed by atoms with Crippen LogP contribution in [0.4, 0.5) is 11.8 Å². The van der Waals surface area contributed by atoms with Gasteiger partial charge in [0.1, 0.15) is 5.82 Å². The van der Waals surface area contributed by atoms with E-state index in [1.165, 1.54) is 32.1 Å². The Bertz CT molecular complexity index is 776. The summed E-state index contributed by atoms with van der Waals surface area (Å²) in [7, 11) is 0. The second kappa shape index (κ2) is 9.67. The molecule has 3 heterocycles. The average molecular weight is 395 g/mol. The minimum Gasteiger partial charge on any atom is -0.370 e. The van der Waals surface area contributed by atoms with Crippen LogP contribution in [-0.4, -0.2) is 58.5 Å². The van der Waals surface area contributed by atoms with Crippen LogP contribution in [0.3, 0.4) is 0 Å². The second-order valence-electron chi connectivity index (χ2n) is 7.98. The molecule has 0 bridgehead atoms. The van der Waals surface area contributed by atoms with Crippen LogP contribution < -0.4 is 10.2 Å². The van der Waals surface area contributed by atoms with Gasteiger partial charge in [-0.05, 0) is 37.0 Å². The molecule has 2 fully saturated rings. The number of rotatable bonds is 6. The summed E-state index contributed by atoms with van der Waals surface area (Å²) in [5.74, 6) is 2.50. The summed E-state index contributed by atoms with van der Waals surface area (Å²) in [6, 6.07) is 5.62. The molecule has 1 N–H and O–H groups in total. The van der Waals surface area contributed by atoms with Crippen LogP contribution in [0.25, 0.3) is 0 Å². The summed E-state index contributed by atoms with van der Waals surface area (Å²) in [5.41, 5.74) is 0.649. The van der Waals surface area contributed by atoms with Crippen LogP contribution in [0.15, 0.2) is 36.8 Å². The molecule has 2 aromatic heterocycles. The molecule has 4 rings (SSSR count). The Balaban J connectivity index is 1.28. The largest absolute Gasteiger partial charge is 0.370 e. The first kappa shape index (κ1) is 19.6. The van der Waals surface area contributed by atoms with E-state index >= 15 is 0 Å². The number of hydrogen-bond acceptors (Lipinski definition) is 6. The maximum Gasteiger partial charge on any atom is 0.255 e. The summed E-state index contributed by atoms with van der Waals surface area (Å²) >= 11 is 0. The lowest BCUT2D eigenvalue weighted by Crippen LogP contribution is -2.35. The molecule has 7 heteroatoms. The quantitative estimate of drug-likeness (QED) is 0.811. The monoisotopic (exact) mass is 394 g/mol. The first-order valence-electron chi connectivity index (χ1n) is 10.8. The molecule has 0 spiro atoms. The Morgan fingerprint density at radius 2 is 1.83 bits per heavy atom. The van der Waals surface area contributed by atoms with Crippen molar-refractivity contribution >= 4 is 17.7 Å². The third kappa shape index (κ3) is 5.22. The predicted molar refractivity (Wildman–Crippen MR) is 114 cm³/mol. The van der Waals surface area contributed by atoms with E-state index in [2.05, 4.69) is 25.2 Å². The van der Waals surface area contributed by atoms with E-state index in [-0.39, 0.29) is 5.91 Å². The lowest BCUT2D eigenvalue weighted by Gasteiger charge is -2.22. The third-order valence-electron chi connectivity index (χ3n) is 5.96. The predicted octanol–water partition coefficient (Wildman–Crippen LogP) is 3.22. The van der Waals surface area contributed by atoms with Gasteiger partial charge < -0.3 is 15.1 Å². The lowest BCUT2D eigenvalue weighted by atomic mass is 10.0. The van der Waals surface area contributed by atoms with E-state index in [0.29, 0.717) is 12.1 Å². The van der Waals surface area contributed by atoms with Crippen LogP contribution in [-0.2, 0) is 0 Å². The molecule has 2 aliphatic rings. The Morgan fingerprint density at radius 3 is 2.59 bits per heavy atom. The summed E-state index contributed by atoms with van der Waals surface area (Å²) in [4.78, 5) is 30.1. The maximum absolute atomic E-state index is 12.9. The fourth-order valence-electron chi connectivity index (χ4n) is 4.29. The highest BCUT2D eigenvalue weighted by Gasteiger charge is 2.21. The van der Waals surface area contributed by atoms with Crippen molar-refractivity contribution in [2.75, 3.05) is 42.9 Å². The summed E-state index contributed by atoms with van der Waals surface area (Å²) in [6.45, 7) is 3.95. The molecule has 29 heavy (non-hydrogen) atoms. The number of aromatic nitrogens is 3. The van der Waals surface area contributed by atoms with Crippen molar-refractivity contribution in [3.8, 4) is 0 Å². The van der Waals surface area contributed by atoms with Crippen LogP contribution in [0.1, 0.15) is 48.9 Å². The highest BCUT2D eigenvalue weighted by atomic mass is 16.2. The first-order valence-corrected chi connectivity index (χ1v) is 10.8. The normalized spacial score (nSPS) is 17.9. The zero-order valence-corrected chi connectivity index (χ0v) is 17.0. The van der Waals surface area contributed by atoms with E-state index < -0.39 is 0 Å². The minimum absolute atomic E-state index is 0.0471. The molecular weight excluding hydrogens is 364 g/mol. The topological polar surface area (TPSA) is 74.2 Å². The number of nitrogens with zero attached hydrogens (tertiary/aromatic N) is 5. The van der Waals surface area contributed by atoms with Gasteiger partial charge in [-0.25, -0.2) is 15.0 Å². The van der Waals surface area contributed by atoms with E-state index in [9.17, 15) is 4.79 Å². The molecule has 0 radical (unpaired) electrons. The van der Waals surface area contributed by atoms with Crippen molar-refractivity contribution in [2.45, 2.75) is 38.5 Å². The van der Waals surface area contributed by atoms with E-state index in [4.69, 9.17) is 0 Å². The molecule has 1 aliphatic carbocycles. The Kier molecular flexibility index (Phi) is 6.54. The minimum atomic E-state index is 0.0471. The van der Waals surface area contributed by atoms with Crippen LogP contribution in [0.2, 0.25) is 0 Å². The molecule has 0 atom stereocenters. The summed E-state index contributed by atoms with van der Waals surface area (Å²) in [6.07, 6.45) is 12.8. The Morgan fingerprint density at radius 1 is 1.00 bits per heavy atom. The molecule has 1 amide bonds. The highest BCUT2D eigenvalue weighted by Crippen LogP contribution is 2.27. The lowest BCUT2D eigenvalue weighted by molar-refractivity contribution is 0.0766. The fraction of sp³-hybridized carbons (Fsp3) is 0.545. The molecule has 2 aromatic rings. The maximum atomic E-state index is 12.9. The van der Waals surface area contributed by atoms with E-state index in [0.717, 1.165) is 50.3 Å². The van der Waals surface area contributed by atoms with Crippen molar-refractivity contribution in [3.63, 3.8) is 0 Å². The van der Waals surface area contributed by atoms with Gasteiger partial charge in [-0.1, -0.05) is 25.7 Å². The molecule has 1 aliphatic heterocycles. The van der Waals surface area contributed by atoms with Gasteiger partial charge in [0.15, 0.2) is 0 Å². The van der Waals surface area contributed by atoms with Gasteiger partial charge in [-0.3, -0.25) is 4.79 Å². The number of carbonyl (C=O) groups excluding carboxylic acids is 1. The van der Waals surface area contributed by atoms with Crippen LogP contribution in [0, 0.1) is 5.92 Å². The zero-order chi connectivity index (χ0) is 19.9. The van der Waals surface area contributed by atoms with Crippen molar-refractivity contribution < 1.29 is 4.79 Å². The Labute approximate surface area is 172 Å². The molecule has 1 saturated heterocycles. The second-order valence-corrected chi connectivity index (χ2v) is 7.98. The van der Waals surface area contributed by atoms with Gasteiger partial charge in [-0.2, -0.15) is 0 Å². The van der Waals surface area contributed by atoms with Crippen molar-refractivity contribution in [1.29, 1.82) is 0 Å². The van der Waals surface area contributed by atoms with Crippen molar-refractivity contribution in [2.24, 2.45) is 5.92 Å². The van der Waals surface area contributed by atoms with E-state index in [1.807, 2.05) is 23.1 Å². The first-order chi connectivity index (χ1) is 14.3. The van der Waals surface area contributed by atoms with Gasteiger partial charge in [0.2, 0.25) is 5.95 Å². The van der Waals surface area contributed by atoms with Crippen LogP contribution in [0.5, 0.6) is 0 Å². The standard InChI is InChI=1S/C22H30N6O/c29-21(27-13-4-14-28(16-15-27)22-24-10-3-11-25-22)19-7-8-20(26-17-19)23-12-9-18-5-1-2-6-18/h3,7-8,10-11,17-18H,1-2,4-6,9,12-16H2,(H,23,26). The summed E-state index contributed by atoms with van der Waals surface area (Å²) in [5, 5.41) is 3.39. The van der Waals surface area contributed by atoms with Gasteiger partial charge in [0.05, 0.1) is 5.56 Å². The smallest absolute Gasteiger partial charge is 0.255 e. The number of nitrogens with one attached hydrogen (secondary N) is 1. The van der Waals surface area contributed by atoms with E-state index in [1.54, 1.807) is 18.6 Å². The van der Waals surface area contributed by atoms with Gasteiger partial charge in [0.25, 0.3) is 5.91 Å². The highest BCUT2D eigenvalue weighted by molar-refractivity contribution is 5.94. The zero-order valence-electron chi connectivity index (χ0n) is 17.0. The molecule has 1 saturated carbocycles. The number of pyridine rings is 1. The number of hydrogen-bond donors (Lipinski definition) is 1. The molecule has 154 valence electrons. The average Bonchev–Trinajstić information content (AvgIpc) is 3.16. The number of carbonyl (C=O) groups is 1. The summed E-state index contributed by atoms with van der Waals surface area (Å²) < 4.78 is 0. The van der Waals surface area contributed by atoms with Crippen molar-refractivity contribution in [1.82, 2.24) is 19.9 Å². The van der Waals surface area contributed by atoms with Gasteiger partial charge in [-0.15, -0.1) is 0 Å². The molecule has 0 aromatic carbocycles. The molecule has 7 nitrogen and oxygen atoms in total. The fourth-order valence-corrected chi connectivity index (χ4v) is 4.29. The SMILES string of the molecule is O=C(c1ccc(NCCC2CCCC2)nc1)N1CCCN(c2ncccn2)CC1. The number of anilines is 2. The van der Waals surface area contributed by atoms with Gasteiger partial charge >= 0.3 is 0 Å². The van der Waals surface area contributed by atoms with Gasteiger partial charge in [0, 0.05) is 51.3 Å². The van der Waals surface area contributed by atoms with Crippen molar-refractivity contribution in [3.05, 3.63) is 42.4 Å². The van der Waals surface area contributed by atoms with Crippen LogP contribution >= 0.6 is 0 Å². The molecule has 0 unspecified atom stereocenters. The number of amides is 1. The molecular formula is C22H30N6O.